The number of ether oxygens (including phenoxy) is 1. The summed E-state index contributed by atoms with van der Waals surface area (Å²) in [7, 11) is 0. The van der Waals surface area contributed by atoms with Gasteiger partial charge < -0.3 is 14.7 Å². The van der Waals surface area contributed by atoms with E-state index in [1.54, 1.807) is 6.07 Å². The zero-order valence-electron chi connectivity index (χ0n) is 9.00. The van der Waals surface area contributed by atoms with Gasteiger partial charge in [-0.05, 0) is 12.1 Å². The first-order chi connectivity index (χ1) is 7.86. The maximum Gasteiger partial charge on any atom is 0.152 e. The van der Waals surface area contributed by atoms with Crippen LogP contribution in [0.1, 0.15) is 10.4 Å². The topological polar surface area (TPSA) is 49.8 Å². The fourth-order valence-electron chi connectivity index (χ4n) is 1.97. The summed E-state index contributed by atoms with van der Waals surface area (Å²) in [6.45, 7) is 1.87. The summed E-state index contributed by atoms with van der Waals surface area (Å²) in [6.07, 6.45) is 0.846. The van der Waals surface area contributed by atoms with Gasteiger partial charge in [0.15, 0.2) is 6.29 Å². The highest BCUT2D eigenvalue weighted by molar-refractivity contribution is 5.84. The molecule has 1 aromatic carbocycles. The van der Waals surface area contributed by atoms with Gasteiger partial charge in [-0.3, -0.25) is 4.79 Å². The number of anilines is 1. The number of carbonyl (C=O) groups excluding carboxylic acids is 1. The number of benzene rings is 1. The highest BCUT2D eigenvalue weighted by atomic mass is 16.5. The molecule has 0 amide bonds. The van der Waals surface area contributed by atoms with Gasteiger partial charge in [0.2, 0.25) is 0 Å². The van der Waals surface area contributed by atoms with Crippen LogP contribution in [0.5, 0.6) is 0 Å². The number of para-hydroxylation sites is 1. The fourth-order valence-corrected chi connectivity index (χ4v) is 1.97. The molecule has 4 nitrogen and oxygen atoms in total. The van der Waals surface area contributed by atoms with E-state index >= 15 is 0 Å². The van der Waals surface area contributed by atoms with Crippen molar-refractivity contribution in [3.8, 4) is 0 Å². The second kappa shape index (κ2) is 5.09. The van der Waals surface area contributed by atoms with Crippen LogP contribution in [0.2, 0.25) is 0 Å². The molecule has 1 N–H and O–H groups in total. The Balaban J connectivity index is 2.30. The molecule has 4 heteroatoms. The molecule has 1 atom stereocenters. The first-order valence-corrected chi connectivity index (χ1v) is 5.36. The van der Waals surface area contributed by atoms with Gasteiger partial charge in [0.25, 0.3) is 0 Å². The number of aliphatic hydroxyl groups excluding tert-OH is 1. The molecular weight excluding hydrogens is 206 g/mol. The average molecular weight is 221 g/mol. The summed E-state index contributed by atoms with van der Waals surface area (Å²) in [5, 5.41) is 9.28. The molecule has 0 spiro atoms. The van der Waals surface area contributed by atoms with Crippen LogP contribution >= 0.6 is 0 Å². The van der Waals surface area contributed by atoms with Crippen molar-refractivity contribution in [3.63, 3.8) is 0 Å². The molecule has 1 aliphatic rings. The lowest BCUT2D eigenvalue weighted by atomic mass is 10.1. The number of rotatable bonds is 3. The number of hydrogen-bond acceptors (Lipinski definition) is 4. The average Bonchev–Trinajstić information content (AvgIpc) is 2.38. The van der Waals surface area contributed by atoms with Crippen LogP contribution in [0, 0.1) is 0 Å². The molecular formula is C12H15NO3. The molecule has 0 radical (unpaired) electrons. The molecule has 1 fully saturated rings. The lowest BCUT2D eigenvalue weighted by molar-refractivity contribution is 0.0725. The molecule has 86 valence electrons. The van der Waals surface area contributed by atoms with E-state index in [4.69, 9.17) is 4.74 Å². The molecule has 0 saturated carbocycles. The van der Waals surface area contributed by atoms with Crippen molar-refractivity contribution in [1.82, 2.24) is 0 Å². The van der Waals surface area contributed by atoms with Gasteiger partial charge in [0, 0.05) is 17.8 Å². The zero-order valence-corrected chi connectivity index (χ0v) is 9.00. The maximum atomic E-state index is 10.9. The van der Waals surface area contributed by atoms with E-state index in [0.717, 1.165) is 12.0 Å². The highest BCUT2D eigenvalue weighted by Gasteiger charge is 2.23. The van der Waals surface area contributed by atoms with E-state index in [9.17, 15) is 9.90 Å². The van der Waals surface area contributed by atoms with E-state index in [0.29, 0.717) is 25.3 Å². The molecule has 0 aliphatic carbocycles. The number of carbonyl (C=O) groups is 1. The second-order valence-electron chi connectivity index (χ2n) is 3.78. The minimum atomic E-state index is -0.0603. The van der Waals surface area contributed by atoms with Crippen LogP contribution in [0.15, 0.2) is 24.3 Å². The van der Waals surface area contributed by atoms with E-state index < -0.39 is 0 Å². The molecule has 0 aromatic heterocycles. The molecule has 1 heterocycles. The smallest absolute Gasteiger partial charge is 0.152 e. The van der Waals surface area contributed by atoms with E-state index in [1.165, 1.54) is 0 Å². The minimum absolute atomic E-state index is 0.0349. The summed E-state index contributed by atoms with van der Waals surface area (Å²) in [6, 6.07) is 7.35. The van der Waals surface area contributed by atoms with Crippen molar-refractivity contribution in [3.05, 3.63) is 29.8 Å². The number of aliphatic hydroxyl groups is 1. The van der Waals surface area contributed by atoms with Crippen molar-refractivity contribution in [2.75, 3.05) is 31.3 Å². The predicted octanol–water partition coefficient (Wildman–Crippen LogP) is 0.697. The zero-order chi connectivity index (χ0) is 11.4. The Hall–Kier alpha value is -1.39. The monoisotopic (exact) mass is 221 g/mol. The lowest BCUT2D eigenvalue weighted by Gasteiger charge is -2.36. The van der Waals surface area contributed by atoms with Gasteiger partial charge in [0.1, 0.15) is 0 Å². The normalized spacial score (nSPS) is 20.8. The predicted molar refractivity (Wildman–Crippen MR) is 60.9 cm³/mol. The number of aldehydes is 1. The molecule has 1 aromatic rings. The second-order valence-corrected chi connectivity index (χ2v) is 3.78. The number of morpholine rings is 1. The van der Waals surface area contributed by atoms with Gasteiger partial charge >= 0.3 is 0 Å². The van der Waals surface area contributed by atoms with Crippen LogP contribution in [0.4, 0.5) is 5.69 Å². The Labute approximate surface area is 94.4 Å². The molecule has 2 rings (SSSR count). The third-order valence-electron chi connectivity index (χ3n) is 2.81. The third-order valence-corrected chi connectivity index (χ3v) is 2.81. The largest absolute Gasteiger partial charge is 0.394 e. The van der Waals surface area contributed by atoms with Gasteiger partial charge in [-0.25, -0.2) is 0 Å². The summed E-state index contributed by atoms with van der Waals surface area (Å²) < 4.78 is 5.31. The lowest BCUT2D eigenvalue weighted by Crippen LogP contribution is -2.48. The van der Waals surface area contributed by atoms with Crippen molar-refractivity contribution >= 4 is 12.0 Å². The van der Waals surface area contributed by atoms with Gasteiger partial charge in [-0.15, -0.1) is 0 Å². The summed E-state index contributed by atoms with van der Waals surface area (Å²) in [5.41, 5.74) is 1.53. The Morgan fingerprint density at radius 1 is 1.50 bits per heavy atom. The van der Waals surface area contributed by atoms with Crippen molar-refractivity contribution in [2.24, 2.45) is 0 Å². The van der Waals surface area contributed by atoms with Crippen molar-refractivity contribution in [1.29, 1.82) is 0 Å². The van der Waals surface area contributed by atoms with Gasteiger partial charge in [0.05, 0.1) is 25.9 Å². The van der Waals surface area contributed by atoms with E-state index in [-0.39, 0.29) is 12.6 Å². The van der Waals surface area contributed by atoms with Crippen molar-refractivity contribution < 1.29 is 14.6 Å². The molecule has 1 unspecified atom stereocenters. The standard InChI is InChI=1S/C12H15NO3/c14-7-10-3-1-2-4-12(10)13-5-6-16-9-11(13)8-15/h1-4,7,11,15H,5-6,8-9H2. The molecule has 1 aliphatic heterocycles. The number of nitrogens with zero attached hydrogens (tertiary/aromatic N) is 1. The summed E-state index contributed by atoms with van der Waals surface area (Å²) in [4.78, 5) is 13.0. The quantitative estimate of drug-likeness (QED) is 0.763. The van der Waals surface area contributed by atoms with Gasteiger partial charge in [-0.2, -0.15) is 0 Å². The van der Waals surface area contributed by atoms with Crippen LogP contribution in [0.3, 0.4) is 0 Å². The fraction of sp³-hybridized carbons (Fsp3) is 0.417. The first-order valence-electron chi connectivity index (χ1n) is 5.36. The van der Waals surface area contributed by atoms with E-state index in [1.807, 2.05) is 23.1 Å². The Morgan fingerprint density at radius 3 is 3.06 bits per heavy atom. The van der Waals surface area contributed by atoms with Crippen LogP contribution in [-0.2, 0) is 4.74 Å². The maximum absolute atomic E-state index is 10.9. The number of hydrogen-bond donors (Lipinski definition) is 1. The Kier molecular flexibility index (Phi) is 3.54. The summed E-state index contributed by atoms with van der Waals surface area (Å²) >= 11 is 0. The van der Waals surface area contributed by atoms with Crippen LogP contribution in [-0.4, -0.2) is 43.8 Å². The van der Waals surface area contributed by atoms with Crippen molar-refractivity contribution in [2.45, 2.75) is 6.04 Å². The van der Waals surface area contributed by atoms with Crippen LogP contribution < -0.4 is 4.90 Å². The Morgan fingerprint density at radius 2 is 2.31 bits per heavy atom. The van der Waals surface area contributed by atoms with Gasteiger partial charge in [-0.1, -0.05) is 12.1 Å². The minimum Gasteiger partial charge on any atom is -0.394 e. The van der Waals surface area contributed by atoms with E-state index in [2.05, 4.69) is 0 Å². The molecule has 0 bridgehead atoms. The SMILES string of the molecule is O=Cc1ccccc1N1CCOCC1CO. The molecule has 16 heavy (non-hydrogen) atoms. The first kappa shape index (κ1) is 11.1. The molecule has 1 saturated heterocycles. The van der Waals surface area contributed by atoms with Crippen LogP contribution in [0.25, 0.3) is 0 Å². The third kappa shape index (κ3) is 2.08. The summed E-state index contributed by atoms with van der Waals surface area (Å²) in [5.74, 6) is 0. The Bertz CT molecular complexity index is 367. The highest BCUT2D eigenvalue weighted by Crippen LogP contribution is 2.22.